The Morgan fingerprint density at radius 3 is 3.29 bits per heavy atom. The number of hydrogen-bond donors (Lipinski definition) is 2. The fraction of sp³-hybridized carbons (Fsp3) is 0.556. The topological polar surface area (TPSA) is 67.0 Å². The molecule has 5 nitrogen and oxygen atoms in total. The van der Waals surface area contributed by atoms with Gasteiger partial charge in [0.25, 0.3) is 5.56 Å². The molecule has 0 spiro atoms. The van der Waals surface area contributed by atoms with Gasteiger partial charge in [-0.1, -0.05) is 0 Å². The fourth-order valence-corrected chi connectivity index (χ4v) is 1.55. The molecule has 1 aromatic heterocycles. The van der Waals surface area contributed by atoms with Gasteiger partial charge in [0.2, 0.25) is 0 Å². The molecule has 1 fully saturated rings. The number of nitrogens with zero attached hydrogens (tertiary/aromatic N) is 1. The predicted octanol–water partition coefficient (Wildman–Crippen LogP) is 0.361. The van der Waals surface area contributed by atoms with Crippen molar-refractivity contribution in [1.29, 1.82) is 0 Å². The fourth-order valence-electron chi connectivity index (χ4n) is 1.55. The summed E-state index contributed by atoms with van der Waals surface area (Å²) in [6.45, 7) is 1.54. The molecule has 0 radical (unpaired) electrons. The van der Waals surface area contributed by atoms with E-state index < -0.39 is 0 Å². The molecule has 0 amide bonds. The van der Waals surface area contributed by atoms with Gasteiger partial charge in [-0.3, -0.25) is 4.79 Å². The van der Waals surface area contributed by atoms with Crippen LogP contribution in [0, 0.1) is 0 Å². The van der Waals surface area contributed by atoms with Crippen LogP contribution >= 0.6 is 0 Å². The molecule has 1 unspecified atom stereocenters. The first kappa shape index (κ1) is 9.21. The van der Waals surface area contributed by atoms with Crippen molar-refractivity contribution < 1.29 is 4.74 Å². The summed E-state index contributed by atoms with van der Waals surface area (Å²) in [7, 11) is 0. The number of anilines is 1. The van der Waals surface area contributed by atoms with E-state index in [0.29, 0.717) is 12.6 Å². The Kier molecular flexibility index (Phi) is 2.78. The molecule has 2 heterocycles. The van der Waals surface area contributed by atoms with Crippen molar-refractivity contribution in [1.82, 2.24) is 10.2 Å². The van der Waals surface area contributed by atoms with Crippen LogP contribution in [0.25, 0.3) is 0 Å². The highest BCUT2D eigenvalue weighted by molar-refractivity contribution is 5.39. The second-order valence-corrected chi connectivity index (χ2v) is 3.39. The van der Waals surface area contributed by atoms with Crippen LogP contribution in [0.5, 0.6) is 0 Å². The van der Waals surface area contributed by atoms with Gasteiger partial charge >= 0.3 is 0 Å². The number of ether oxygens (including phenoxy) is 1. The second-order valence-electron chi connectivity index (χ2n) is 3.39. The maximum Gasteiger partial charge on any atom is 0.266 e. The van der Waals surface area contributed by atoms with Gasteiger partial charge in [-0.25, -0.2) is 5.10 Å². The summed E-state index contributed by atoms with van der Waals surface area (Å²) in [5, 5.41) is 9.26. The summed E-state index contributed by atoms with van der Waals surface area (Å²) >= 11 is 0. The van der Waals surface area contributed by atoms with Crippen LogP contribution in [0.1, 0.15) is 12.8 Å². The van der Waals surface area contributed by atoms with E-state index in [0.717, 1.165) is 25.1 Å². The summed E-state index contributed by atoms with van der Waals surface area (Å²) in [6, 6.07) is 1.80. The monoisotopic (exact) mass is 195 g/mol. The molecule has 0 bridgehead atoms. The summed E-state index contributed by atoms with van der Waals surface area (Å²) in [5.41, 5.74) is 0.566. The van der Waals surface area contributed by atoms with Gasteiger partial charge < -0.3 is 10.1 Å². The minimum absolute atomic E-state index is 0.188. The number of hydrogen-bond acceptors (Lipinski definition) is 4. The second kappa shape index (κ2) is 4.23. The maximum atomic E-state index is 10.9. The molecular weight excluding hydrogens is 182 g/mol. The van der Waals surface area contributed by atoms with Crippen LogP contribution in [-0.2, 0) is 4.74 Å². The van der Waals surface area contributed by atoms with Gasteiger partial charge in [0.15, 0.2) is 0 Å². The summed E-state index contributed by atoms with van der Waals surface area (Å²) in [5.74, 6) is 0. The van der Waals surface area contributed by atoms with Crippen molar-refractivity contribution in [2.24, 2.45) is 0 Å². The molecule has 0 saturated carbocycles. The van der Waals surface area contributed by atoms with E-state index in [2.05, 4.69) is 15.5 Å². The SMILES string of the molecule is O=c1cc(NC2CCCOC2)cn[nH]1. The number of aromatic nitrogens is 2. The Labute approximate surface area is 81.5 Å². The molecule has 5 heteroatoms. The third-order valence-electron chi connectivity index (χ3n) is 2.20. The minimum atomic E-state index is -0.188. The summed E-state index contributed by atoms with van der Waals surface area (Å²) < 4.78 is 5.32. The molecular formula is C9H13N3O2. The Balaban J connectivity index is 1.99. The van der Waals surface area contributed by atoms with Crippen LogP contribution < -0.4 is 10.9 Å². The molecule has 1 aromatic rings. The van der Waals surface area contributed by atoms with Gasteiger partial charge in [0.05, 0.1) is 18.5 Å². The molecule has 1 atom stereocenters. The zero-order valence-corrected chi connectivity index (χ0v) is 7.82. The molecule has 1 aliphatic heterocycles. The van der Waals surface area contributed by atoms with Crippen molar-refractivity contribution in [2.45, 2.75) is 18.9 Å². The molecule has 1 aliphatic rings. The third kappa shape index (κ3) is 2.32. The normalized spacial score (nSPS) is 21.9. The van der Waals surface area contributed by atoms with Crippen molar-refractivity contribution in [3.63, 3.8) is 0 Å². The number of nitrogens with one attached hydrogen (secondary N) is 2. The third-order valence-corrected chi connectivity index (χ3v) is 2.20. The Morgan fingerprint density at radius 2 is 2.57 bits per heavy atom. The number of aromatic amines is 1. The van der Waals surface area contributed by atoms with Crippen LogP contribution in [0.2, 0.25) is 0 Å². The van der Waals surface area contributed by atoms with Crippen LogP contribution in [0.15, 0.2) is 17.1 Å². The molecule has 76 valence electrons. The lowest BCUT2D eigenvalue weighted by atomic mass is 10.1. The zero-order chi connectivity index (χ0) is 9.80. The predicted molar refractivity (Wildman–Crippen MR) is 52.3 cm³/mol. The largest absolute Gasteiger partial charge is 0.379 e. The van der Waals surface area contributed by atoms with E-state index in [-0.39, 0.29) is 5.56 Å². The van der Waals surface area contributed by atoms with Gasteiger partial charge in [-0.05, 0) is 12.8 Å². The van der Waals surface area contributed by atoms with Crippen LogP contribution in [0.4, 0.5) is 5.69 Å². The van der Waals surface area contributed by atoms with Crippen molar-refractivity contribution >= 4 is 5.69 Å². The Hall–Kier alpha value is -1.36. The Morgan fingerprint density at radius 1 is 1.64 bits per heavy atom. The molecule has 0 aliphatic carbocycles. The van der Waals surface area contributed by atoms with Crippen molar-refractivity contribution in [3.05, 3.63) is 22.6 Å². The van der Waals surface area contributed by atoms with E-state index in [1.165, 1.54) is 6.07 Å². The van der Waals surface area contributed by atoms with Gasteiger partial charge in [-0.2, -0.15) is 5.10 Å². The molecule has 0 aromatic carbocycles. The minimum Gasteiger partial charge on any atom is -0.379 e. The van der Waals surface area contributed by atoms with Crippen molar-refractivity contribution in [2.75, 3.05) is 18.5 Å². The summed E-state index contributed by atoms with van der Waals surface area (Å²) in [4.78, 5) is 10.9. The van der Waals surface area contributed by atoms with Gasteiger partial charge in [-0.15, -0.1) is 0 Å². The first-order chi connectivity index (χ1) is 6.84. The lowest BCUT2D eigenvalue weighted by Crippen LogP contribution is -2.30. The van der Waals surface area contributed by atoms with E-state index in [9.17, 15) is 4.79 Å². The smallest absolute Gasteiger partial charge is 0.266 e. The van der Waals surface area contributed by atoms with Crippen LogP contribution in [-0.4, -0.2) is 29.5 Å². The highest BCUT2D eigenvalue weighted by Crippen LogP contribution is 2.11. The van der Waals surface area contributed by atoms with E-state index in [1.54, 1.807) is 6.20 Å². The van der Waals surface area contributed by atoms with E-state index in [4.69, 9.17) is 4.74 Å². The molecule has 2 rings (SSSR count). The van der Waals surface area contributed by atoms with E-state index in [1.807, 2.05) is 0 Å². The molecule has 1 saturated heterocycles. The summed E-state index contributed by atoms with van der Waals surface area (Å²) in [6.07, 6.45) is 3.75. The van der Waals surface area contributed by atoms with Crippen LogP contribution in [0.3, 0.4) is 0 Å². The molecule has 2 N–H and O–H groups in total. The first-order valence-electron chi connectivity index (χ1n) is 4.73. The standard InChI is InChI=1S/C9H13N3O2/c13-9-4-8(5-10-12-9)11-7-2-1-3-14-6-7/h4-5,7H,1-3,6H2,(H2,11,12,13). The lowest BCUT2D eigenvalue weighted by Gasteiger charge is -2.23. The average Bonchev–Trinajstić information content (AvgIpc) is 2.19. The lowest BCUT2D eigenvalue weighted by molar-refractivity contribution is 0.0876. The Bertz CT molecular complexity index is 344. The highest BCUT2D eigenvalue weighted by Gasteiger charge is 2.13. The van der Waals surface area contributed by atoms with Gasteiger partial charge in [0, 0.05) is 18.7 Å². The van der Waals surface area contributed by atoms with Gasteiger partial charge in [0.1, 0.15) is 0 Å². The molecule has 14 heavy (non-hydrogen) atoms. The first-order valence-corrected chi connectivity index (χ1v) is 4.73. The maximum absolute atomic E-state index is 10.9. The quantitative estimate of drug-likeness (QED) is 0.715. The number of rotatable bonds is 2. The zero-order valence-electron chi connectivity index (χ0n) is 7.82. The average molecular weight is 195 g/mol. The van der Waals surface area contributed by atoms with Crippen molar-refractivity contribution in [3.8, 4) is 0 Å². The highest BCUT2D eigenvalue weighted by atomic mass is 16.5. The number of H-pyrrole nitrogens is 1. The van der Waals surface area contributed by atoms with E-state index >= 15 is 0 Å².